The highest BCUT2D eigenvalue weighted by molar-refractivity contribution is 7.91. The molecule has 1 aliphatic rings. The molecule has 1 atom stereocenters. The van der Waals surface area contributed by atoms with E-state index in [1.807, 2.05) is 0 Å². The summed E-state index contributed by atoms with van der Waals surface area (Å²) in [6.45, 7) is 2.64. The van der Waals surface area contributed by atoms with Gasteiger partial charge in [-0.3, -0.25) is 4.79 Å². The molecule has 28 heavy (non-hydrogen) atoms. The zero-order chi connectivity index (χ0) is 19.9. The van der Waals surface area contributed by atoms with E-state index < -0.39 is 9.84 Å². The van der Waals surface area contributed by atoms with Gasteiger partial charge in [-0.25, -0.2) is 8.42 Å². The second kappa shape index (κ2) is 7.24. The van der Waals surface area contributed by atoms with Crippen molar-refractivity contribution in [2.45, 2.75) is 29.2 Å². The lowest BCUT2D eigenvalue weighted by Crippen LogP contribution is -2.37. The fourth-order valence-corrected chi connectivity index (χ4v) is 5.08. The van der Waals surface area contributed by atoms with Crippen LogP contribution < -0.4 is 10.6 Å². The number of hydrogen-bond acceptors (Lipinski definition) is 5. The minimum absolute atomic E-state index is 0.111. The Kier molecular flexibility index (Phi) is 4.91. The first-order valence-corrected chi connectivity index (χ1v) is 10.8. The van der Waals surface area contributed by atoms with Crippen molar-refractivity contribution in [1.29, 1.82) is 0 Å². The fraction of sp³-hybridized carbons (Fsp3) is 0.250. The van der Waals surface area contributed by atoms with Crippen molar-refractivity contribution >= 4 is 38.3 Å². The molecular formula is C20H19ClN2O4S. The number of nitrogens with one attached hydrogen (secondary N) is 2. The van der Waals surface area contributed by atoms with Crippen molar-refractivity contribution in [3.05, 3.63) is 58.8 Å². The van der Waals surface area contributed by atoms with E-state index in [-0.39, 0.29) is 21.7 Å². The smallest absolute Gasteiger partial charge is 0.216 e. The molecule has 1 aromatic heterocycles. The molecule has 1 unspecified atom stereocenters. The van der Waals surface area contributed by atoms with Gasteiger partial charge in [-0.05, 0) is 36.8 Å². The quantitative estimate of drug-likeness (QED) is 0.679. The van der Waals surface area contributed by atoms with E-state index in [1.54, 1.807) is 30.3 Å². The normalized spacial score (nSPS) is 16.7. The van der Waals surface area contributed by atoms with Gasteiger partial charge in [0.1, 0.15) is 11.3 Å². The molecule has 2 heterocycles. The molecule has 0 saturated heterocycles. The maximum Gasteiger partial charge on any atom is 0.216 e. The number of amides is 1. The van der Waals surface area contributed by atoms with Crippen molar-refractivity contribution < 1.29 is 17.6 Å². The molecule has 0 radical (unpaired) electrons. The Morgan fingerprint density at radius 3 is 2.79 bits per heavy atom. The van der Waals surface area contributed by atoms with Crippen molar-refractivity contribution in [2.75, 3.05) is 13.1 Å². The number of carbonyl (C=O) groups excluding carboxylic acids is 1. The van der Waals surface area contributed by atoms with Gasteiger partial charge in [0.2, 0.25) is 15.7 Å². The highest BCUT2D eigenvalue weighted by Gasteiger charge is 2.27. The summed E-state index contributed by atoms with van der Waals surface area (Å²) in [6.07, 6.45) is 0.777. The number of hydrogen-bond donors (Lipinski definition) is 2. The molecule has 8 heteroatoms. The molecule has 0 fully saturated rings. The number of carbonyl (C=O) groups is 1. The number of benzene rings is 2. The predicted molar refractivity (Wildman–Crippen MR) is 106 cm³/mol. The molecule has 6 nitrogen and oxygen atoms in total. The third kappa shape index (κ3) is 3.41. The van der Waals surface area contributed by atoms with Crippen LogP contribution in [0.2, 0.25) is 5.02 Å². The summed E-state index contributed by atoms with van der Waals surface area (Å²) in [5.74, 6) is 0.632. The number of furan rings is 1. The van der Waals surface area contributed by atoms with Gasteiger partial charge in [0.25, 0.3) is 0 Å². The van der Waals surface area contributed by atoms with Gasteiger partial charge >= 0.3 is 0 Å². The lowest BCUT2D eigenvalue weighted by Gasteiger charge is -2.22. The molecule has 0 saturated carbocycles. The number of fused-ring (bicyclic) bond motifs is 3. The van der Waals surface area contributed by atoms with Gasteiger partial charge < -0.3 is 15.1 Å². The van der Waals surface area contributed by atoms with Crippen LogP contribution in [-0.4, -0.2) is 27.4 Å². The van der Waals surface area contributed by atoms with Crippen molar-refractivity contribution in [3.63, 3.8) is 0 Å². The minimum atomic E-state index is -3.71. The molecule has 0 spiro atoms. The van der Waals surface area contributed by atoms with Crippen LogP contribution in [0.4, 0.5) is 0 Å². The third-order valence-corrected chi connectivity index (χ3v) is 6.83. The summed E-state index contributed by atoms with van der Waals surface area (Å²) in [6, 6.07) is 11.0. The topological polar surface area (TPSA) is 88.4 Å². The van der Waals surface area contributed by atoms with Crippen LogP contribution in [0.3, 0.4) is 0 Å². The molecule has 3 aromatic rings. The standard InChI is InChI=1S/C20H19ClN2O4S/c1-12(24)23-11-18-20-17(7-8-22-18)16-6-5-15(10-19(16)27-20)28(25,26)14-4-2-3-13(21)9-14/h2-6,9-10,18,22H,7-8,11H2,1H3,(H,23,24). The molecule has 0 bridgehead atoms. The largest absolute Gasteiger partial charge is 0.459 e. The minimum Gasteiger partial charge on any atom is -0.459 e. The van der Waals surface area contributed by atoms with Crippen molar-refractivity contribution in [2.24, 2.45) is 0 Å². The second-order valence-corrected chi connectivity index (χ2v) is 9.14. The average molecular weight is 419 g/mol. The Morgan fingerprint density at radius 2 is 2.04 bits per heavy atom. The Hall–Kier alpha value is -2.35. The third-order valence-electron chi connectivity index (χ3n) is 4.85. The maximum absolute atomic E-state index is 13.0. The maximum atomic E-state index is 13.0. The summed E-state index contributed by atoms with van der Waals surface area (Å²) in [5.41, 5.74) is 1.57. The number of halogens is 1. The first-order chi connectivity index (χ1) is 13.4. The number of sulfone groups is 1. The lowest BCUT2D eigenvalue weighted by molar-refractivity contribution is -0.119. The Morgan fingerprint density at radius 1 is 1.25 bits per heavy atom. The van der Waals surface area contributed by atoms with Gasteiger partial charge in [-0.15, -0.1) is 0 Å². The van der Waals surface area contributed by atoms with E-state index >= 15 is 0 Å². The Labute approximate surface area is 167 Å². The highest BCUT2D eigenvalue weighted by Crippen LogP contribution is 2.35. The van der Waals surface area contributed by atoms with Gasteiger partial charge in [0.05, 0.1) is 15.8 Å². The van der Waals surface area contributed by atoms with E-state index in [0.717, 1.165) is 29.7 Å². The van der Waals surface area contributed by atoms with E-state index in [4.69, 9.17) is 16.0 Å². The van der Waals surface area contributed by atoms with E-state index in [2.05, 4.69) is 10.6 Å². The van der Waals surface area contributed by atoms with Crippen LogP contribution in [0.15, 0.2) is 56.7 Å². The first-order valence-electron chi connectivity index (χ1n) is 8.90. The predicted octanol–water partition coefficient (Wildman–Crippen LogP) is 3.24. The zero-order valence-corrected chi connectivity index (χ0v) is 16.7. The van der Waals surface area contributed by atoms with Crippen molar-refractivity contribution in [3.8, 4) is 0 Å². The molecule has 2 aromatic carbocycles. The average Bonchev–Trinajstić information content (AvgIpc) is 3.04. The van der Waals surface area contributed by atoms with Gasteiger partial charge in [0, 0.05) is 42.1 Å². The van der Waals surface area contributed by atoms with E-state index in [1.165, 1.54) is 19.1 Å². The molecule has 1 amide bonds. The van der Waals surface area contributed by atoms with Crippen LogP contribution in [-0.2, 0) is 21.1 Å². The van der Waals surface area contributed by atoms with Gasteiger partial charge in [-0.1, -0.05) is 17.7 Å². The van der Waals surface area contributed by atoms with Crippen LogP contribution in [0.1, 0.15) is 24.3 Å². The molecule has 1 aliphatic heterocycles. The van der Waals surface area contributed by atoms with Crippen LogP contribution in [0.5, 0.6) is 0 Å². The van der Waals surface area contributed by atoms with Gasteiger partial charge in [-0.2, -0.15) is 0 Å². The lowest BCUT2D eigenvalue weighted by atomic mass is 9.99. The van der Waals surface area contributed by atoms with Crippen LogP contribution in [0.25, 0.3) is 11.0 Å². The Bertz CT molecular complexity index is 1170. The summed E-state index contributed by atoms with van der Waals surface area (Å²) in [7, 11) is -3.71. The molecule has 146 valence electrons. The monoisotopic (exact) mass is 418 g/mol. The van der Waals surface area contributed by atoms with Crippen molar-refractivity contribution in [1.82, 2.24) is 10.6 Å². The Balaban J connectivity index is 1.75. The van der Waals surface area contributed by atoms with Crippen LogP contribution >= 0.6 is 11.6 Å². The molecule has 2 N–H and O–H groups in total. The molecular weight excluding hydrogens is 400 g/mol. The second-order valence-electron chi connectivity index (χ2n) is 6.76. The summed E-state index contributed by atoms with van der Waals surface area (Å²) in [5, 5.41) is 7.38. The number of rotatable bonds is 4. The fourth-order valence-electron chi connectivity index (χ4n) is 3.50. The zero-order valence-electron chi connectivity index (χ0n) is 15.2. The first kappa shape index (κ1) is 19.0. The summed E-state index contributed by atoms with van der Waals surface area (Å²) >= 11 is 5.95. The SMILES string of the molecule is CC(=O)NCC1NCCc2c1oc1cc(S(=O)(=O)c3cccc(Cl)c3)ccc21. The molecule has 4 rings (SSSR count). The summed E-state index contributed by atoms with van der Waals surface area (Å²) < 4.78 is 31.9. The highest BCUT2D eigenvalue weighted by atomic mass is 35.5. The van der Waals surface area contributed by atoms with E-state index in [0.29, 0.717) is 17.2 Å². The molecule has 0 aliphatic carbocycles. The van der Waals surface area contributed by atoms with Crippen LogP contribution in [0, 0.1) is 0 Å². The van der Waals surface area contributed by atoms with E-state index in [9.17, 15) is 13.2 Å². The van der Waals surface area contributed by atoms with Gasteiger partial charge in [0.15, 0.2) is 0 Å². The summed E-state index contributed by atoms with van der Waals surface area (Å²) in [4.78, 5) is 11.5.